The molecule has 0 saturated carbocycles. The minimum atomic E-state index is -0.312. The van der Waals surface area contributed by atoms with Crippen molar-refractivity contribution in [3.8, 4) is 39.4 Å². The SMILES string of the molecule is ClC1=NC2Oc3ccccc3C2C(c2ccccc2)=N1.ClC1=NC2c3ccccc3SC2C(c2ccc(-c3ccccc3)cc2)=N1.Clc1nc(-c2ccc3ccccc3c2)c2c3ccccc3c3ccccc3c2n1.Clc1nc(-c2cccc3ccccc23)c2ccc3ccccc3c2n1. The average molecular weight is 1390 g/mol. The fraction of sp³-hybridized carbons (Fsp3) is 0.0465. The van der Waals surface area contributed by atoms with Gasteiger partial charge in [0.25, 0.3) is 0 Å². The van der Waals surface area contributed by atoms with Crippen molar-refractivity contribution in [2.45, 2.75) is 28.3 Å². The molecule has 16 aromatic rings. The molecule has 0 radical (unpaired) electrons. The van der Waals surface area contributed by atoms with Crippen LogP contribution in [0.5, 0.6) is 5.75 Å². The van der Waals surface area contributed by atoms with Gasteiger partial charge < -0.3 is 4.74 Å². The van der Waals surface area contributed by atoms with Crippen LogP contribution >= 0.6 is 58.2 Å². The van der Waals surface area contributed by atoms with E-state index in [1.165, 1.54) is 48.5 Å². The largest absolute Gasteiger partial charge is 0.467 e. The molecule has 0 amide bonds. The zero-order valence-corrected chi connectivity index (χ0v) is 56.9. The molecule has 14 heteroatoms. The highest BCUT2D eigenvalue weighted by atomic mass is 35.5. The van der Waals surface area contributed by atoms with Gasteiger partial charge in [0.2, 0.25) is 27.4 Å². The molecule has 100 heavy (non-hydrogen) atoms. The van der Waals surface area contributed by atoms with E-state index in [4.69, 9.17) is 51.1 Å². The summed E-state index contributed by atoms with van der Waals surface area (Å²) >= 11 is 26.9. The van der Waals surface area contributed by atoms with Gasteiger partial charge in [-0.25, -0.2) is 39.9 Å². The second-order valence-corrected chi connectivity index (χ2v) is 26.9. The number of thioether (sulfide) groups is 1. The average Bonchev–Trinajstić information content (AvgIpc) is 1.01. The summed E-state index contributed by atoms with van der Waals surface area (Å²) in [7, 11) is 0. The first-order valence-corrected chi connectivity index (χ1v) is 35.1. The van der Waals surface area contributed by atoms with Crippen LogP contribution in [0.3, 0.4) is 0 Å². The van der Waals surface area contributed by atoms with Gasteiger partial charge >= 0.3 is 0 Å². The topological polar surface area (TPSA) is 110 Å². The Morgan fingerprint density at radius 3 is 1.60 bits per heavy atom. The van der Waals surface area contributed by atoms with Crippen LogP contribution in [-0.2, 0) is 0 Å². The minimum absolute atomic E-state index is 0.0103. The lowest BCUT2D eigenvalue weighted by Gasteiger charge is -2.22. The summed E-state index contributed by atoms with van der Waals surface area (Å²) in [6.07, 6.45) is -0.312. The summed E-state index contributed by atoms with van der Waals surface area (Å²) in [5, 5.41) is 14.9. The van der Waals surface area contributed by atoms with E-state index in [-0.39, 0.29) is 39.3 Å². The van der Waals surface area contributed by atoms with Gasteiger partial charge in [0.05, 0.1) is 51.1 Å². The maximum Gasteiger partial charge on any atom is 0.223 e. The van der Waals surface area contributed by atoms with Gasteiger partial charge in [-0.05, 0) is 142 Å². The molecule has 0 bridgehead atoms. The Hall–Kier alpha value is -11.0. The smallest absolute Gasteiger partial charge is 0.223 e. The molecule has 4 unspecified atom stereocenters. The molecule has 20 rings (SSSR count). The predicted octanol–water partition coefficient (Wildman–Crippen LogP) is 23.2. The van der Waals surface area contributed by atoms with Gasteiger partial charge in [-0.15, -0.1) is 11.8 Å². The third-order valence-electron chi connectivity index (χ3n) is 18.6. The number of hydrogen-bond donors (Lipinski definition) is 0. The molecule has 4 atom stereocenters. The first kappa shape index (κ1) is 62.6. The Morgan fingerprint density at radius 2 is 0.840 bits per heavy atom. The number of nitrogens with zero attached hydrogens (tertiary/aromatic N) is 8. The Bertz CT molecular complexity index is 6030. The Morgan fingerprint density at radius 1 is 0.330 bits per heavy atom. The maximum atomic E-state index is 6.42. The van der Waals surface area contributed by atoms with E-state index in [1.807, 2.05) is 96.7 Å². The fourth-order valence-corrected chi connectivity index (χ4v) is 16.2. The first-order valence-electron chi connectivity index (χ1n) is 32.7. The Kier molecular flexibility index (Phi) is 16.9. The van der Waals surface area contributed by atoms with E-state index in [2.05, 4.69) is 258 Å². The van der Waals surface area contributed by atoms with Crippen LogP contribution < -0.4 is 4.74 Å². The molecule has 4 aliphatic rings. The molecule has 0 N–H and O–H groups in total. The monoisotopic (exact) mass is 1390 g/mol. The van der Waals surface area contributed by atoms with E-state index < -0.39 is 0 Å². The maximum absolute atomic E-state index is 6.42. The van der Waals surface area contributed by atoms with Crippen molar-refractivity contribution in [3.05, 3.63) is 336 Å². The van der Waals surface area contributed by atoms with Crippen LogP contribution in [0.25, 0.3) is 109 Å². The summed E-state index contributed by atoms with van der Waals surface area (Å²) in [6.45, 7) is 0. The number of para-hydroxylation sites is 1. The minimum Gasteiger partial charge on any atom is -0.467 e. The van der Waals surface area contributed by atoms with Crippen molar-refractivity contribution in [2.75, 3.05) is 0 Å². The van der Waals surface area contributed by atoms with Crippen LogP contribution in [0.4, 0.5) is 0 Å². The second kappa shape index (κ2) is 27.1. The van der Waals surface area contributed by atoms with Crippen molar-refractivity contribution in [3.63, 3.8) is 0 Å². The number of ether oxygens (including phenoxy) is 1. The van der Waals surface area contributed by atoms with Crippen LogP contribution in [0.1, 0.15) is 34.2 Å². The lowest BCUT2D eigenvalue weighted by molar-refractivity contribution is 0.234. The van der Waals surface area contributed by atoms with Gasteiger partial charge in [0.15, 0.2) is 0 Å². The molecule has 2 aromatic heterocycles. The number of benzene rings is 14. The molecule has 0 fully saturated rings. The van der Waals surface area contributed by atoms with E-state index in [0.29, 0.717) is 5.29 Å². The van der Waals surface area contributed by atoms with Crippen LogP contribution in [0.2, 0.25) is 10.6 Å². The number of amidine groups is 2. The lowest BCUT2D eigenvalue weighted by Crippen LogP contribution is -2.29. The summed E-state index contributed by atoms with van der Waals surface area (Å²) in [6, 6.07) is 104. The van der Waals surface area contributed by atoms with E-state index >= 15 is 0 Å². The van der Waals surface area contributed by atoms with Crippen LogP contribution in [0.15, 0.2) is 328 Å². The highest BCUT2D eigenvalue weighted by Crippen LogP contribution is 2.50. The first-order chi connectivity index (χ1) is 49.2. The number of aliphatic imine (C=N–C) groups is 4. The number of halogens is 4. The normalized spacial score (nSPS) is 16.3. The quantitative estimate of drug-likeness (QED) is 0.0964. The van der Waals surface area contributed by atoms with Crippen molar-refractivity contribution in [2.24, 2.45) is 20.0 Å². The summed E-state index contributed by atoms with van der Waals surface area (Å²) in [4.78, 5) is 37.7. The van der Waals surface area contributed by atoms with Gasteiger partial charge in [0, 0.05) is 43.1 Å². The van der Waals surface area contributed by atoms with E-state index in [9.17, 15) is 0 Å². The van der Waals surface area contributed by atoms with Gasteiger partial charge in [0.1, 0.15) is 5.75 Å². The number of fused-ring (bicyclic) bond motifs is 17. The molecular formula is C86H54Cl4N8OS. The predicted molar refractivity (Wildman–Crippen MR) is 418 cm³/mol. The zero-order chi connectivity index (χ0) is 67.2. The molecule has 478 valence electrons. The standard InChI is InChI=1S/C26H15ClN2.C22H15ClN2S.C22H13ClN2.C16H11ClN2O/c27-26-28-24(18-14-13-16-7-1-2-8-17(16)15-18)23-21-11-5-3-9-19(21)20-10-4-6-12-22(20)25(23)29-26;23-22-24-19(21-20(25-22)17-8-4-5-9-18(17)26-21)16-12-10-15(11-13-16)14-6-2-1-3-7-14;23-22-24-20-17-10-4-2-7-15(17)12-13-19(20)21(25-22)18-11-5-8-14-6-1-3-9-16(14)18;17-16-18-14(10-6-2-1-3-7-10)13-11-8-4-5-9-12(11)20-15(13)19-16/h1-15H;1-13,20-21H;1-13H;1-9,13,15H. The zero-order valence-electron chi connectivity index (χ0n) is 53.1. The molecule has 14 aromatic carbocycles. The van der Waals surface area contributed by atoms with Crippen molar-refractivity contribution in [1.82, 2.24) is 19.9 Å². The van der Waals surface area contributed by atoms with Crippen molar-refractivity contribution >= 4 is 156 Å². The van der Waals surface area contributed by atoms with Gasteiger partial charge in [-0.1, -0.05) is 279 Å². The summed E-state index contributed by atoms with van der Waals surface area (Å²) in [5.41, 5.74) is 14.5. The molecule has 4 aliphatic heterocycles. The Balaban J connectivity index is 0.000000100. The summed E-state index contributed by atoms with van der Waals surface area (Å²) in [5.74, 6) is 0.873. The van der Waals surface area contributed by atoms with Crippen LogP contribution in [-0.4, -0.2) is 53.4 Å². The molecule has 9 nitrogen and oxygen atoms in total. The fourth-order valence-electron chi connectivity index (χ4n) is 14.0. The highest BCUT2D eigenvalue weighted by Gasteiger charge is 2.41. The summed E-state index contributed by atoms with van der Waals surface area (Å²) < 4.78 is 5.88. The van der Waals surface area contributed by atoms with Crippen LogP contribution in [0, 0.1) is 0 Å². The molecule has 0 spiro atoms. The van der Waals surface area contributed by atoms with E-state index in [0.717, 1.165) is 105 Å². The molecule has 6 heterocycles. The van der Waals surface area contributed by atoms with E-state index in [1.54, 1.807) is 0 Å². The van der Waals surface area contributed by atoms with Crippen molar-refractivity contribution in [1.29, 1.82) is 0 Å². The van der Waals surface area contributed by atoms with Gasteiger partial charge in [-0.3, -0.25) is 0 Å². The highest BCUT2D eigenvalue weighted by molar-refractivity contribution is 8.01. The molecule has 0 saturated heterocycles. The lowest BCUT2D eigenvalue weighted by atomic mass is 9.89. The molecule has 0 aliphatic carbocycles. The number of rotatable bonds is 5. The number of aromatic nitrogens is 4. The third-order valence-corrected chi connectivity index (χ3v) is 20.6. The third kappa shape index (κ3) is 12.0. The van der Waals surface area contributed by atoms with Crippen molar-refractivity contribution < 1.29 is 4.74 Å². The second-order valence-electron chi connectivity index (χ2n) is 24.4. The molecular weight excluding hydrogens is 1330 g/mol. The van der Waals surface area contributed by atoms with Gasteiger partial charge in [-0.2, -0.15) is 0 Å². The Labute approximate surface area is 599 Å². The number of hydrogen-bond acceptors (Lipinski definition) is 10.